The number of hydrogen-bond donors (Lipinski definition) is 8. The molecule has 1 rings (SSSR count). The smallest absolute Gasteiger partial charge is 0.387 e. The number of aliphatic hydroxyl groups is 6. The van der Waals surface area contributed by atoms with Gasteiger partial charge in [-0.25, -0.2) is 4.57 Å². The molecule has 70 heavy (non-hydrogen) atoms. The Hall–Kier alpha value is -0.920. The zero-order valence-corrected chi connectivity index (χ0v) is 46.0. The van der Waals surface area contributed by atoms with Crippen LogP contribution in [0.25, 0.3) is 0 Å². The first-order chi connectivity index (χ1) is 33.9. The molecule has 1 fully saturated rings. The SMILES string of the molecule is CCCCCCCCCC/C=C/[C@@H](O)[C@H](COP(=O)(O)OC1C(O)C(O)C(O)[C@@H](O)C1O)NC(=O)CCCCCCCCCCCCCCCCCCCCCCCCCCCCCCCCCCC. The predicted octanol–water partition coefficient (Wildman–Crippen LogP) is 13.5. The van der Waals surface area contributed by atoms with Crippen molar-refractivity contribution in [1.82, 2.24) is 5.32 Å². The van der Waals surface area contributed by atoms with Crippen LogP contribution in [0, 0.1) is 0 Å². The topological polar surface area (TPSA) is 206 Å². The van der Waals surface area contributed by atoms with E-state index in [1.807, 2.05) is 6.08 Å². The van der Waals surface area contributed by atoms with Crippen LogP contribution >= 0.6 is 7.82 Å². The zero-order valence-electron chi connectivity index (χ0n) is 45.1. The summed E-state index contributed by atoms with van der Waals surface area (Å²) in [6.45, 7) is 3.85. The Morgan fingerprint density at radius 1 is 0.471 bits per heavy atom. The summed E-state index contributed by atoms with van der Waals surface area (Å²) in [5.41, 5.74) is 0. The summed E-state index contributed by atoms with van der Waals surface area (Å²) in [6, 6.07) is -1.11. The molecule has 0 spiro atoms. The van der Waals surface area contributed by atoms with Gasteiger partial charge < -0.3 is 40.8 Å². The second-order valence-corrected chi connectivity index (χ2v) is 22.6. The van der Waals surface area contributed by atoms with E-state index in [9.17, 15) is 44.9 Å². The minimum atomic E-state index is -5.08. The lowest BCUT2D eigenvalue weighted by Gasteiger charge is -2.41. The first-order valence-electron chi connectivity index (χ1n) is 29.6. The van der Waals surface area contributed by atoms with Gasteiger partial charge in [0.2, 0.25) is 5.91 Å². The van der Waals surface area contributed by atoms with Crippen LogP contribution in [0.15, 0.2) is 12.2 Å². The lowest BCUT2D eigenvalue weighted by atomic mass is 9.85. The molecule has 0 aromatic heterocycles. The number of rotatable bonds is 51. The number of carbonyl (C=O) groups is 1. The number of nitrogens with one attached hydrogen (secondary N) is 1. The molecule has 1 amide bonds. The number of phosphoric ester groups is 1. The van der Waals surface area contributed by atoms with E-state index in [0.29, 0.717) is 6.42 Å². The Morgan fingerprint density at radius 3 is 1.09 bits per heavy atom. The molecule has 1 aliphatic rings. The largest absolute Gasteiger partial charge is 0.472 e. The third-order valence-corrected chi connectivity index (χ3v) is 15.6. The van der Waals surface area contributed by atoms with Crippen LogP contribution in [-0.4, -0.2) is 96.8 Å². The van der Waals surface area contributed by atoms with Gasteiger partial charge in [-0.3, -0.25) is 13.8 Å². The van der Waals surface area contributed by atoms with Crippen molar-refractivity contribution >= 4 is 13.7 Å². The normalized spacial score (nSPS) is 21.3. The van der Waals surface area contributed by atoms with Gasteiger partial charge in [0.15, 0.2) is 0 Å². The molecule has 0 saturated heterocycles. The molecule has 0 aliphatic heterocycles. The van der Waals surface area contributed by atoms with Gasteiger partial charge in [-0.2, -0.15) is 0 Å². The summed E-state index contributed by atoms with van der Waals surface area (Å²) in [4.78, 5) is 23.4. The van der Waals surface area contributed by atoms with E-state index in [1.54, 1.807) is 0 Å². The molecular formula is C57H112NO11P. The quantitative estimate of drug-likeness (QED) is 0.0163. The number of phosphoric acid groups is 1. The molecule has 8 N–H and O–H groups in total. The summed E-state index contributed by atoms with van der Waals surface area (Å²) < 4.78 is 22.9. The summed E-state index contributed by atoms with van der Waals surface area (Å²) in [7, 11) is -5.08. The van der Waals surface area contributed by atoms with Crippen molar-refractivity contribution in [2.24, 2.45) is 0 Å². The maximum Gasteiger partial charge on any atom is 0.472 e. The Labute approximate surface area is 429 Å². The van der Waals surface area contributed by atoms with Gasteiger partial charge in [-0.05, 0) is 19.3 Å². The molecule has 416 valence electrons. The standard InChI is InChI=1S/C57H112NO11P/c1-3-5-7-9-11-13-15-16-17-18-19-20-21-22-23-24-25-26-27-28-29-30-31-32-33-34-35-36-37-39-41-43-45-47-51(60)58-49(50(59)46-44-42-40-38-14-12-10-8-6-4-2)48-68-70(66,67)69-57-55(64)53(62)52(61)54(63)56(57)65/h44,46,49-50,52-57,59,61-65H,3-43,45,47-48H2,1-2H3,(H,58,60)(H,66,67)/b46-44+/t49-,50+,52?,53+,54?,55?,56?,57?/m0/s1. The van der Waals surface area contributed by atoms with E-state index in [4.69, 9.17) is 9.05 Å². The van der Waals surface area contributed by atoms with Gasteiger partial charge in [-0.15, -0.1) is 0 Å². The van der Waals surface area contributed by atoms with Crippen molar-refractivity contribution in [2.45, 2.75) is 339 Å². The number of allylic oxidation sites excluding steroid dienone is 1. The fourth-order valence-corrected chi connectivity index (χ4v) is 10.8. The number of aliphatic hydroxyl groups excluding tert-OH is 6. The van der Waals surface area contributed by atoms with Crippen LogP contribution in [0.5, 0.6) is 0 Å². The molecule has 13 heteroatoms. The van der Waals surface area contributed by atoms with Crippen molar-refractivity contribution in [3.8, 4) is 0 Å². The number of hydrogen-bond acceptors (Lipinski definition) is 10. The molecule has 1 saturated carbocycles. The predicted molar refractivity (Wildman–Crippen MR) is 288 cm³/mol. The van der Waals surface area contributed by atoms with Crippen LogP contribution in [0.2, 0.25) is 0 Å². The number of carbonyl (C=O) groups excluding carboxylic acids is 1. The van der Waals surface area contributed by atoms with Crippen molar-refractivity contribution in [1.29, 1.82) is 0 Å². The molecule has 0 aromatic carbocycles. The van der Waals surface area contributed by atoms with E-state index in [-0.39, 0.29) is 12.3 Å². The highest BCUT2D eigenvalue weighted by Crippen LogP contribution is 2.47. The van der Waals surface area contributed by atoms with Crippen LogP contribution < -0.4 is 5.32 Å². The summed E-state index contributed by atoms with van der Waals surface area (Å²) in [6.07, 6.45) is 44.8. The maximum absolute atomic E-state index is 13.0. The Kier molecular flexibility index (Phi) is 44.7. The van der Waals surface area contributed by atoms with E-state index in [2.05, 4.69) is 19.2 Å². The summed E-state index contributed by atoms with van der Waals surface area (Å²) in [5.74, 6) is -0.336. The highest BCUT2D eigenvalue weighted by Gasteiger charge is 2.51. The molecule has 1 aliphatic carbocycles. The van der Waals surface area contributed by atoms with Crippen LogP contribution in [0.4, 0.5) is 0 Å². The van der Waals surface area contributed by atoms with E-state index in [1.165, 1.54) is 224 Å². The zero-order chi connectivity index (χ0) is 51.3. The number of amides is 1. The minimum absolute atomic E-state index is 0.219. The first-order valence-corrected chi connectivity index (χ1v) is 31.1. The first kappa shape index (κ1) is 67.1. The average molecular weight is 1020 g/mol. The minimum Gasteiger partial charge on any atom is -0.387 e. The summed E-state index contributed by atoms with van der Waals surface area (Å²) >= 11 is 0. The Bertz CT molecular complexity index is 1230. The number of unbranched alkanes of at least 4 members (excludes halogenated alkanes) is 40. The van der Waals surface area contributed by atoms with Gasteiger partial charge in [0.25, 0.3) is 0 Å². The molecule has 0 aromatic rings. The molecule has 0 bridgehead atoms. The highest BCUT2D eigenvalue weighted by molar-refractivity contribution is 7.47. The van der Waals surface area contributed by atoms with Gasteiger partial charge in [0.1, 0.15) is 36.6 Å². The van der Waals surface area contributed by atoms with Crippen LogP contribution in [0.3, 0.4) is 0 Å². The fraction of sp³-hybridized carbons (Fsp3) is 0.947. The van der Waals surface area contributed by atoms with Crippen molar-refractivity contribution in [2.75, 3.05) is 6.61 Å². The van der Waals surface area contributed by atoms with Gasteiger partial charge >= 0.3 is 7.82 Å². The Balaban J connectivity index is 2.15. The third kappa shape index (κ3) is 36.9. The molecule has 0 heterocycles. The van der Waals surface area contributed by atoms with Crippen molar-refractivity contribution in [3.63, 3.8) is 0 Å². The van der Waals surface area contributed by atoms with Crippen LogP contribution in [0.1, 0.15) is 290 Å². The third-order valence-electron chi connectivity index (χ3n) is 14.6. The Morgan fingerprint density at radius 2 is 0.757 bits per heavy atom. The monoisotopic (exact) mass is 1020 g/mol. The van der Waals surface area contributed by atoms with Gasteiger partial charge in [-0.1, -0.05) is 276 Å². The van der Waals surface area contributed by atoms with Crippen LogP contribution in [-0.2, 0) is 18.4 Å². The summed E-state index contributed by atoms with van der Waals surface area (Å²) in [5, 5.41) is 64.1. The molecule has 6 unspecified atom stereocenters. The van der Waals surface area contributed by atoms with Gasteiger partial charge in [0.05, 0.1) is 18.8 Å². The molecule has 12 nitrogen and oxygen atoms in total. The molecular weight excluding hydrogens is 906 g/mol. The highest BCUT2D eigenvalue weighted by atomic mass is 31.2. The van der Waals surface area contributed by atoms with E-state index < -0.39 is 63.2 Å². The van der Waals surface area contributed by atoms with Crippen molar-refractivity contribution in [3.05, 3.63) is 12.2 Å². The second-order valence-electron chi connectivity index (χ2n) is 21.2. The van der Waals surface area contributed by atoms with E-state index in [0.717, 1.165) is 44.9 Å². The average Bonchev–Trinajstić information content (AvgIpc) is 3.34. The fourth-order valence-electron chi connectivity index (χ4n) is 9.79. The van der Waals surface area contributed by atoms with Gasteiger partial charge in [0, 0.05) is 6.42 Å². The molecule has 0 radical (unpaired) electrons. The maximum atomic E-state index is 13.0. The lowest BCUT2D eigenvalue weighted by molar-refractivity contribution is -0.220. The van der Waals surface area contributed by atoms with E-state index >= 15 is 0 Å². The molecule has 9 atom stereocenters. The van der Waals surface area contributed by atoms with Crippen molar-refractivity contribution < 1.29 is 53.9 Å². The second kappa shape index (κ2) is 46.6. The lowest BCUT2D eigenvalue weighted by Crippen LogP contribution is -2.64.